The maximum absolute atomic E-state index is 12.6. The van der Waals surface area contributed by atoms with Crippen LogP contribution in [-0.2, 0) is 6.61 Å². The summed E-state index contributed by atoms with van der Waals surface area (Å²) in [4.78, 5) is 14.3. The van der Waals surface area contributed by atoms with E-state index in [2.05, 4.69) is 11.4 Å². The summed E-state index contributed by atoms with van der Waals surface area (Å²) >= 11 is 0. The summed E-state index contributed by atoms with van der Waals surface area (Å²) in [5.74, 6) is 0.720. The first kappa shape index (κ1) is 17.8. The number of ether oxygens (including phenoxy) is 1. The molecule has 0 spiro atoms. The fourth-order valence-corrected chi connectivity index (χ4v) is 2.99. The molecule has 0 saturated carbocycles. The minimum Gasteiger partial charge on any atom is -0.487 e. The van der Waals surface area contributed by atoms with E-state index < -0.39 is 0 Å². The van der Waals surface area contributed by atoms with Crippen LogP contribution in [0, 0.1) is 24.2 Å². The SMILES string of the molecule is Cc1ccc(NC(=O)N2CCC(C#N)CC2)c(OCc2ccccc2)c1. The van der Waals surface area contributed by atoms with Crippen molar-refractivity contribution in [2.45, 2.75) is 26.4 Å². The zero-order chi connectivity index (χ0) is 18.4. The lowest BCUT2D eigenvalue weighted by Gasteiger charge is -2.29. The third-order valence-corrected chi connectivity index (χ3v) is 4.58. The molecule has 2 aromatic rings. The van der Waals surface area contributed by atoms with Crippen molar-refractivity contribution in [3.8, 4) is 11.8 Å². The lowest BCUT2D eigenvalue weighted by atomic mass is 9.99. The van der Waals surface area contributed by atoms with Gasteiger partial charge in [0.15, 0.2) is 0 Å². The lowest BCUT2D eigenvalue weighted by Crippen LogP contribution is -2.40. The molecule has 2 amide bonds. The molecule has 1 aliphatic rings. The van der Waals surface area contributed by atoms with Crippen molar-refractivity contribution < 1.29 is 9.53 Å². The summed E-state index contributed by atoms with van der Waals surface area (Å²) < 4.78 is 5.95. The first-order valence-electron chi connectivity index (χ1n) is 8.88. The molecule has 1 heterocycles. The van der Waals surface area contributed by atoms with Gasteiger partial charge in [-0.1, -0.05) is 36.4 Å². The van der Waals surface area contributed by atoms with Crippen LogP contribution in [0.4, 0.5) is 10.5 Å². The van der Waals surface area contributed by atoms with Crippen molar-refractivity contribution in [1.29, 1.82) is 5.26 Å². The molecular formula is C21H23N3O2. The Morgan fingerprint density at radius 3 is 2.65 bits per heavy atom. The molecule has 5 heteroatoms. The highest BCUT2D eigenvalue weighted by Crippen LogP contribution is 2.27. The second-order valence-electron chi connectivity index (χ2n) is 6.59. The van der Waals surface area contributed by atoms with Gasteiger partial charge >= 0.3 is 6.03 Å². The predicted molar refractivity (Wildman–Crippen MR) is 101 cm³/mol. The van der Waals surface area contributed by atoms with Crippen LogP contribution in [0.1, 0.15) is 24.0 Å². The maximum Gasteiger partial charge on any atom is 0.321 e. The van der Waals surface area contributed by atoms with Gasteiger partial charge < -0.3 is 15.0 Å². The third kappa shape index (κ3) is 4.54. The zero-order valence-electron chi connectivity index (χ0n) is 14.9. The van der Waals surface area contributed by atoms with Crippen LogP contribution in [0.2, 0.25) is 0 Å². The highest BCUT2D eigenvalue weighted by Gasteiger charge is 2.23. The molecule has 0 unspecified atom stereocenters. The Morgan fingerprint density at radius 2 is 1.96 bits per heavy atom. The van der Waals surface area contributed by atoms with Gasteiger partial charge in [-0.25, -0.2) is 4.79 Å². The molecule has 5 nitrogen and oxygen atoms in total. The van der Waals surface area contributed by atoms with Crippen LogP contribution in [0.15, 0.2) is 48.5 Å². The van der Waals surface area contributed by atoms with E-state index >= 15 is 0 Å². The first-order chi connectivity index (χ1) is 12.7. The van der Waals surface area contributed by atoms with Crippen molar-refractivity contribution in [2.24, 2.45) is 5.92 Å². The minimum absolute atomic E-state index is 0.0585. The van der Waals surface area contributed by atoms with Crippen molar-refractivity contribution in [3.63, 3.8) is 0 Å². The van der Waals surface area contributed by atoms with E-state index in [9.17, 15) is 4.79 Å². The number of aryl methyl sites for hydroxylation is 1. The molecule has 1 fully saturated rings. The molecule has 0 aliphatic carbocycles. The number of amides is 2. The summed E-state index contributed by atoms with van der Waals surface area (Å²) in [6.45, 7) is 3.65. The van der Waals surface area contributed by atoms with Gasteiger partial charge in [0.25, 0.3) is 0 Å². The van der Waals surface area contributed by atoms with Gasteiger partial charge in [0.2, 0.25) is 0 Å². The van der Waals surface area contributed by atoms with E-state index in [1.807, 2.05) is 55.5 Å². The van der Waals surface area contributed by atoms with Gasteiger partial charge in [0, 0.05) is 19.0 Å². The van der Waals surface area contributed by atoms with Gasteiger partial charge in [-0.05, 0) is 43.0 Å². The molecule has 0 bridgehead atoms. The van der Waals surface area contributed by atoms with E-state index in [1.165, 1.54) is 0 Å². The number of anilines is 1. The largest absolute Gasteiger partial charge is 0.487 e. The second-order valence-corrected chi connectivity index (χ2v) is 6.59. The normalized spacial score (nSPS) is 14.5. The number of carbonyl (C=O) groups is 1. The zero-order valence-corrected chi connectivity index (χ0v) is 14.9. The van der Waals surface area contributed by atoms with Crippen molar-refractivity contribution in [3.05, 3.63) is 59.7 Å². The molecule has 2 aromatic carbocycles. The fraction of sp³-hybridized carbons (Fsp3) is 0.333. The Hall–Kier alpha value is -3.00. The number of nitrogens with one attached hydrogen (secondary N) is 1. The maximum atomic E-state index is 12.6. The van der Waals surface area contributed by atoms with Crippen molar-refractivity contribution in [2.75, 3.05) is 18.4 Å². The molecule has 1 N–H and O–H groups in total. The lowest BCUT2D eigenvalue weighted by molar-refractivity contribution is 0.192. The summed E-state index contributed by atoms with van der Waals surface area (Å²) in [6, 6.07) is 17.8. The number of nitrogens with zero attached hydrogens (tertiary/aromatic N) is 2. The average molecular weight is 349 g/mol. The topological polar surface area (TPSA) is 65.4 Å². The number of likely N-dealkylation sites (tertiary alicyclic amines) is 1. The van der Waals surface area contributed by atoms with Crippen LogP contribution >= 0.6 is 0 Å². The van der Waals surface area contributed by atoms with Gasteiger partial charge in [0.05, 0.1) is 11.8 Å². The van der Waals surface area contributed by atoms with Gasteiger partial charge in [-0.3, -0.25) is 0 Å². The monoisotopic (exact) mass is 349 g/mol. The smallest absolute Gasteiger partial charge is 0.321 e. The van der Waals surface area contributed by atoms with Gasteiger partial charge in [-0.2, -0.15) is 5.26 Å². The quantitative estimate of drug-likeness (QED) is 0.893. The van der Waals surface area contributed by atoms with E-state index in [1.54, 1.807) is 4.90 Å². The van der Waals surface area contributed by atoms with Crippen LogP contribution in [-0.4, -0.2) is 24.0 Å². The van der Waals surface area contributed by atoms with E-state index in [4.69, 9.17) is 10.00 Å². The van der Waals surface area contributed by atoms with E-state index in [-0.39, 0.29) is 11.9 Å². The number of benzene rings is 2. The van der Waals surface area contributed by atoms with Crippen LogP contribution in [0.3, 0.4) is 0 Å². The van der Waals surface area contributed by atoms with Crippen LogP contribution in [0.25, 0.3) is 0 Å². The summed E-state index contributed by atoms with van der Waals surface area (Å²) in [7, 11) is 0. The standard InChI is InChI=1S/C21H23N3O2/c1-16-7-8-19(20(13-16)26-15-18-5-3-2-4-6-18)23-21(25)24-11-9-17(14-22)10-12-24/h2-8,13,17H,9-12,15H2,1H3,(H,23,25). The molecule has 134 valence electrons. The Morgan fingerprint density at radius 1 is 1.23 bits per heavy atom. The number of piperidine rings is 1. The molecule has 3 rings (SSSR count). The predicted octanol–water partition coefficient (Wildman–Crippen LogP) is 4.34. The Kier molecular flexibility index (Phi) is 5.75. The van der Waals surface area contributed by atoms with E-state index in [0.29, 0.717) is 31.1 Å². The Labute approximate surface area is 154 Å². The van der Waals surface area contributed by atoms with Crippen molar-refractivity contribution >= 4 is 11.7 Å². The third-order valence-electron chi connectivity index (χ3n) is 4.58. The average Bonchev–Trinajstić information content (AvgIpc) is 2.69. The Balaban J connectivity index is 1.65. The summed E-state index contributed by atoms with van der Waals surface area (Å²) in [6.07, 6.45) is 1.46. The first-order valence-corrected chi connectivity index (χ1v) is 8.88. The number of nitriles is 1. The summed E-state index contributed by atoms with van der Waals surface area (Å²) in [5.41, 5.74) is 2.81. The number of hydrogen-bond acceptors (Lipinski definition) is 3. The van der Waals surface area contributed by atoms with Crippen molar-refractivity contribution in [1.82, 2.24) is 4.90 Å². The molecule has 0 aromatic heterocycles. The molecular weight excluding hydrogens is 326 g/mol. The molecule has 1 saturated heterocycles. The van der Waals surface area contributed by atoms with E-state index in [0.717, 1.165) is 24.0 Å². The highest BCUT2D eigenvalue weighted by atomic mass is 16.5. The molecule has 26 heavy (non-hydrogen) atoms. The van der Waals surface area contributed by atoms with Gasteiger partial charge in [0.1, 0.15) is 12.4 Å². The number of hydrogen-bond donors (Lipinski definition) is 1. The van der Waals surface area contributed by atoms with Crippen LogP contribution in [0.5, 0.6) is 5.75 Å². The Bertz CT molecular complexity index is 791. The number of rotatable bonds is 4. The second kappa shape index (κ2) is 8.39. The molecule has 1 aliphatic heterocycles. The molecule has 0 atom stereocenters. The van der Waals surface area contributed by atoms with Crippen LogP contribution < -0.4 is 10.1 Å². The number of urea groups is 1. The summed E-state index contributed by atoms with van der Waals surface area (Å²) in [5, 5.41) is 11.9. The highest BCUT2D eigenvalue weighted by molar-refractivity contribution is 5.91. The number of carbonyl (C=O) groups excluding carboxylic acids is 1. The minimum atomic E-state index is -0.144. The fourth-order valence-electron chi connectivity index (χ4n) is 2.99. The molecule has 0 radical (unpaired) electrons. The van der Waals surface area contributed by atoms with Gasteiger partial charge in [-0.15, -0.1) is 0 Å².